The van der Waals surface area contributed by atoms with Crippen molar-refractivity contribution in [3.63, 3.8) is 0 Å². The van der Waals surface area contributed by atoms with Gasteiger partial charge in [-0.3, -0.25) is 4.79 Å². The molecule has 5 nitrogen and oxygen atoms in total. The Balaban J connectivity index is 1.69. The van der Waals surface area contributed by atoms with Gasteiger partial charge in [0.15, 0.2) is 11.5 Å². The van der Waals surface area contributed by atoms with Gasteiger partial charge in [0.25, 0.3) is 0 Å². The zero-order valence-electron chi connectivity index (χ0n) is 15.4. The summed E-state index contributed by atoms with van der Waals surface area (Å²) in [5.74, 6) is 1.18. The van der Waals surface area contributed by atoms with Gasteiger partial charge in [-0.1, -0.05) is 42.8 Å². The van der Waals surface area contributed by atoms with Crippen LogP contribution in [0, 0.1) is 0 Å². The fourth-order valence-electron chi connectivity index (χ4n) is 2.69. The molecule has 0 aromatic heterocycles. The van der Waals surface area contributed by atoms with Crippen LogP contribution < -0.4 is 15.2 Å². The standard InChI is InChI=1S/C21H27NO4/c1-24-19-13-12-17(14-20(19)25-2)18(22)10-6-7-11-21(23)26-15-16-8-4-3-5-9-16/h3-5,8-9,12-14,18H,6-7,10-11,15,22H2,1-2H3/t18-/m1/s1. The average molecular weight is 357 g/mol. The molecule has 2 aromatic carbocycles. The van der Waals surface area contributed by atoms with Gasteiger partial charge in [-0.05, 0) is 36.1 Å². The first kappa shape index (κ1) is 19.8. The Morgan fingerprint density at radius 2 is 1.73 bits per heavy atom. The molecule has 0 fully saturated rings. The fraction of sp³-hybridized carbons (Fsp3) is 0.381. The summed E-state index contributed by atoms with van der Waals surface area (Å²) in [7, 11) is 3.21. The second-order valence-electron chi connectivity index (χ2n) is 6.11. The van der Waals surface area contributed by atoms with E-state index in [1.165, 1.54) is 0 Å². The number of ether oxygens (including phenoxy) is 3. The number of methoxy groups -OCH3 is 2. The number of hydrogen-bond donors (Lipinski definition) is 1. The van der Waals surface area contributed by atoms with Gasteiger partial charge < -0.3 is 19.9 Å². The van der Waals surface area contributed by atoms with Gasteiger partial charge in [0.2, 0.25) is 0 Å². The summed E-state index contributed by atoms with van der Waals surface area (Å²) >= 11 is 0. The molecule has 140 valence electrons. The molecular weight excluding hydrogens is 330 g/mol. The van der Waals surface area contributed by atoms with Crippen molar-refractivity contribution < 1.29 is 19.0 Å². The minimum atomic E-state index is -0.173. The van der Waals surface area contributed by atoms with Gasteiger partial charge >= 0.3 is 5.97 Å². The molecule has 0 spiro atoms. The van der Waals surface area contributed by atoms with Crippen LogP contribution in [-0.2, 0) is 16.1 Å². The summed E-state index contributed by atoms with van der Waals surface area (Å²) in [6, 6.07) is 15.3. The molecule has 0 aliphatic heterocycles. The number of rotatable bonds is 10. The number of nitrogens with two attached hydrogens (primary N) is 1. The van der Waals surface area contributed by atoms with Crippen molar-refractivity contribution in [2.45, 2.75) is 38.3 Å². The van der Waals surface area contributed by atoms with Gasteiger partial charge in [-0.15, -0.1) is 0 Å². The van der Waals surface area contributed by atoms with Crippen LogP contribution in [0.1, 0.15) is 42.9 Å². The molecule has 2 aromatic rings. The Morgan fingerprint density at radius 1 is 1.00 bits per heavy atom. The first-order valence-electron chi connectivity index (χ1n) is 8.81. The van der Waals surface area contributed by atoms with Crippen molar-refractivity contribution in [2.24, 2.45) is 5.73 Å². The van der Waals surface area contributed by atoms with E-state index in [4.69, 9.17) is 19.9 Å². The molecule has 0 unspecified atom stereocenters. The number of unbranched alkanes of at least 4 members (excludes halogenated alkanes) is 1. The second kappa shape index (κ2) is 10.5. The van der Waals surface area contributed by atoms with Crippen LogP contribution >= 0.6 is 0 Å². The molecule has 0 radical (unpaired) electrons. The van der Waals surface area contributed by atoms with Gasteiger partial charge in [0.05, 0.1) is 14.2 Å². The molecule has 0 aliphatic carbocycles. The third kappa shape index (κ3) is 6.08. The minimum Gasteiger partial charge on any atom is -0.493 e. The topological polar surface area (TPSA) is 70.8 Å². The first-order valence-corrected chi connectivity index (χ1v) is 8.81. The number of benzene rings is 2. The quantitative estimate of drug-likeness (QED) is 0.514. The highest BCUT2D eigenvalue weighted by Gasteiger charge is 2.11. The van der Waals surface area contributed by atoms with Gasteiger partial charge in [0.1, 0.15) is 6.61 Å². The van der Waals surface area contributed by atoms with Crippen molar-refractivity contribution in [1.82, 2.24) is 0 Å². The Bertz CT molecular complexity index is 688. The van der Waals surface area contributed by atoms with Crippen LogP contribution in [0.15, 0.2) is 48.5 Å². The van der Waals surface area contributed by atoms with E-state index in [2.05, 4.69) is 0 Å². The fourth-order valence-corrected chi connectivity index (χ4v) is 2.69. The SMILES string of the molecule is COc1ccc([C@H](N)CCCCC(=O)OCc2ccccc2)cc1OC. The molecule has 0 amide bonds. The maximum absolute atomic E-state index is 11.8. The van der Waals surface area contributed by atoms with Crippen LogP contribution in [0.3, 0.4) is 0 Å². The lowest BCUT2D eigenvalue weighted by molar-refractivity contribution is -0.145. The van der Waals surface area contributed by atoms with Crippen LogP contribution in [0.5, 0.6) is 11.5 Å². The highest BCUT2D eigenvalue weighted by Crippen LogP contribution is 2.30. The molecule has 26 heavy (non-hydrogen) atoms. The van der Waals surface area contributed by atoms with Gasteiger partial charge in [-0.2, -0.15) is 0 Å². The molecule has 0 aliphatic rings. The van der Waals surface area contributed by atoms with Crippen molar-refractivity contribution in [3.05, 3.63) is 59.7 Å². The lowest BCUT2D eigenvalue weighted by atomic mass is 10.0. The molecule has 1 atom stereocenters. The maximum atomic E-state index is 11.8. The van der Waals surface area contributed by atoms with Crippen LogP contribution in [-0.4, -0.2) is 20.2 Å². The molecule has 2 N–H and O–H groups in total. The largest absolute Gasteiger partial charge is 0.493 e. The van der Waals surface area contributed by atoms with Crippen LogP contribution in [0.25, 0.3) is 0 Å². The summed E-state index contributed by atoms with van der Waals surface area (Å²) in [6.07, 6.45) is 2.82. The van der Waals surface area contributed by atoms with Crippen molar-refractivity contribution in [2.75, 3.05) is 14.2 Å². The molecule has 5 heteroatoms. The van der Waals surface area contributed by atoms with Crippen molar-refractivity contribution >= 4 is 5.97 Å². The minimum absolute atomic E-state index is 0.102. The number of hydrogen-bond acceptors (Lipinski definition) is 5. The Hall–Kier alpha value is -2.53. The van der Waals surface area contributed by atoms with Crippen LogP contribution in [0.4, 0.5) is 0 Å². The lowest BCUT2D eigenvalue weighted by Crippen LogP contribution is -2.11. The normalized spacial score (nSPS) is 11.7. The summed E-state index contributed by atoms with van der Waals surface area (Å²) in [6.45, 7) is 0.324. The van der Waals surface area contributed by atoms with E-state index in [9.17, 15) is 4.79 Å². The van der Waals surface area contributed by atoms with E-state index in [1.807, 2.05) is 48.5 Å². The lowest BCUT2D eigenvalue weighted by Gasteiger charge is -2.15. The summed E-state index contributed by atoms with van der Waals surface area (Å²) in [5, 5.41) is 0. The Morgan fingerprint density at radius 3 is 2.42 bits per heavy atom. The number of carbonyl (C=O) groups excluding carboxylic acids is 1. The third-order valence-corrected chi connectivity index (χ3v) is 4.22. The zero-order chi connectivity index (χ0) is 18.8. The summed E-state index contributed by atoms with van der Waals surface area (Å²) < 4.78 is 15.8. The molecular formula is C21H27NO4. The van der Waals surface area contributed by atoms with Crippen molar-refractivity contribution in [3.8, 4) is 11.5 Å². The number of carbonyl (C=O) groups is 1. The van der Waals surface area contributed by atoms with E-state index in [1.54, 1.807) is 14.2 Å². The van der Waals surface area contributed by atoms with E-state index in [0.717, 1.165) is 30.4 Å². The average Bonchev–Trinajstić information content (AvgIpc) is 2.69. The smallest absolute Gasteiger partial charge is 0.306 e. The molecule has 2 rings (SSSR count). The van der Waals surface area contributed by atoms with Gasteiger partial charge in [0, 0.05) is 12.5 Å². The third-order valence-electron chi connectivity index (χ3n) is 4.22. The monoisotopic (exact) mass is 357 g/mol. The Labute approximate surface area is 155 Å². The number of esters is 1. The van der Waals surface area contributed by atoms with E-state index >= 15 is 0 Å². The van der Waals surface area contributed by atoms with E-state index in [-0.39, 0.29) is 12.0 Å². The van der Waals surface area contributed by atoms with E-state index < -0.39 is 0 Å². The van der Waals surface area contributed by atoms with Crippen molar-refractivity contribution in [1.29, 1.82) is 0 Å². The Kier molecular flexibility index (Phi) is 7.96. The van der Waals surface area contributed by atoms with Crippen LogP contribution in [0.2, 0.25) is 0 Å². The molecule has 0 bridgehead atoms. The highest BCUT2D eigenvalue weighted by atomic mass is 16.5. The predicted molar refractivity (Wildman–Crippen MR) is 101 cm³/mol. The predicted octanol–water partition coefficient (Wildman–Crippen LogP) is 4.01. The molecule has 0 saturated carbocycles. The summed E-state index contributed by atoms with van der Waals surface area (Å²) in [5.41, 5.74) is 8.24. The molecule has 0 heterocycles. The first-order chi connectivity index (χ1) is 12.6. The summed E-state index contributed by atoms with van der Waals surface area (Å²) in [4.78, 5) is 11.8. The van der Waals surface area contributed by atoms with E-state index in [0.29, 0.717) is 24.5 Å². The second-order valence-corrected chi connectivity index (χ2v) is 6.11. The maximum Gasteiger partial charge on any atom is 0.306 e. The zero-order valence-corrected chi connectivity index (χ0v) is 15.4. The highest BCUT2D eigenvalue weighted by molar-refractivity contribution is 5.69. The molecule has 0 saturated heterocycles. The van der Waals surface area contributed by atoms with Gasteiger partial charge in [-0.25, -0.2) is 0 Å².